The molecular formula is C15H12BrClN2O3. The van der Waals surface area contributed by atoms with E-state index in [-0.39, 0.29) is 23.8 Å². The number of hydrogen-bond acceptors (Lipinski definition) is 3. The number of benzene rings is 2. The number of halogens is 2. The molecule has 2 aromatic carbocycles. The standard InChI is InChI=1S/C15H12BrClN2O3/c16-9-1-4-11(5-2-9)19-14(20)8-22-13-6-3-10(17)7-12(13)15(18)21/h1-7H,8H2,(H2,18,21)(H,19,20). The minimum atomic E-state index is -0.675. The van der Waals surface area contributed by atoms with E-state index in [1.165, 1.54) is 12.1 Å². The lowest BCUT2D eigenvalue weighted by Crippen LogP contribution is -2.21. The number of carbonyl (C=O) groups excluding carboxylic acids is 2. The van der Waals surface area contributed by atoms with E-state index in [0.29, 0.717) is 10.7 Å². The highest BCUT2D eigenvalue weighted by molar-refractivity contribution is 9.10. The zero-order valence-electron chi connectivity index (χ0n) is 11.3. The van der Waals surface area contributed by atoms with Gasteiger partial charge in [0.2, 0.25) is 0 Å². The third kappa shape index (κ3) is 4.47. The zero-order chi connectivity index (χ0) is 16.1. The Hall–Kier alpha value is -2.05. The van der Waals surface area contributed by atoms with Gasteiger partial charge in [-0.3, -0.25) is 9.59 Å². The fraction of sp³-hybridized carbons (Fsp3) is 0.0667. The van der Waals surface area contributed by atoms with Crippen molar-refractivity contribution in [2.75, 3.05) is 11.9 Å². The summed E-state index contributed by atoms with van der Waals surface area (Å²) in [5.41, 5.74) is 6.02. The van der Waals surface area contributed by atoms with Gasteiger partial charge in [-0.15, -0.1) is 0 Å². The molecular weight excluding hydrogens is 372 g/mol. The monoisotopic (exact) mass is 382 g/mol. The summed E-state index contributed by atoms with van der Waals surface area (Å²) in [6.07, 6.45) is 0. The number of ether oxygens (including phenoxy) is 1. The summed E-state index contributed by atoms with van der Waals surface area (Å²) in [4.78, 5) is 23.1. The van der Waals surface area contributed by atoms with Crippen LogP contribution in [0.5, 0.6) is 5.75 Å². The molecule has 2 amide bonds. The van der Waals surface area contributed by atoms with Gasteiger partial charge in [0.15, 0.2) is 6.61 Å². The van der Waals surface area contributed by atoms with Crippen molar-refractivity contribution in [2.24, 2.45) is 5.73 Å². The van der Waals surface area contributed by atoms with E-state index < -0.39 is 5.91 Å². The number of amides is 2. The smallest absolute Gasteiger partial charge is 0.262 e. The number of primary amides is 1. The Morgan fingerprint density at radius 3 is 2.50 bits per heavy atom. The molecule has 0 radical (unpaired) electrons. The molecule has 0 saturated carbocycles. The van der Waals surface area contributed by atoms with Crippen LogP contribution in [0.25, 0.3) is 0 Å². The highest BCUT2D eigenvalue weighted by Gasteiger charge is 2.12. The van der Waals surface area contributed by atoms with Crippen LogP contribution in [-0.2, 0) is 4.79 Å². The van der Waals surface area contributed by atoms with Crippen molar-refractivity contribution in [3.63, 3.8) is 0 Å². The average molecular weight is 384 g/mol. The van der Waals surface area contributed by atoms with Gasteiger partial charge in [0, 0.05) is 15.2 Å². The van der Waals surface area contributed by atoms with Crippen LogP contribution in [0.3, 0.4) is 0 Å². The summed E-state index contributed by atoms with van der Waals surface area (Å²) in [5, 5.41) is 3.03. The van der Waals surface area contributed by atoms with Crippen molar-refractivity contribution in [1.29, 1.82) is 0 Å². The molecule has 0 aliphatic heterocycles. The van der Waals surface area contributed by atoms with Crippen LogP contribution in [0.4, 0.5) is 5.69 Å². The molecule has 0 atom stereocenters. The first kappa shape index (κ1) is 16.3. The number of hydrogen-bond donors (Lipinski definition) is 2. The Bertz CT molecular complexity index is 704. The summed E-state index contributed by atoms with van der Waals surface area (Å²) in [6, 6.07) is 11.6. The molecule has 3 N–H and O–H groups in total. The van der Waals surface area contributed by atoms with E-state index in [0.717, 1.165) is 4.47 Å². The molecule has 7 heteroatoms. The molecule has 0 spiro atoms. The minimum absolute atomic E-state index is 0.129. The molecule has 0 unspecified atom stereocenters. The van der Waals surface area contributed by atoms with Gasteiger partial charge in [0.25, 0.3) is 11.8 Å². The molecule has 114 valence electrons. The molecule has 2 rings (SSSR count). The van der Waals surface area contributed by atoms with Crippen molar-refractivity contribution in [1.82, 2.24) is 0 Å². The molecule has 22 heavy (non-hydrogen) atoms. The summed E-state index contributed by atoms with van der Waals surface area (Å²) >= 11 is 9.11. The number of rotatable bonds is 5. The maximum Gasteiger partial charge on any atom is 0.262 e. The molecule has 0 saturated heterocycles. The van der Waals surface area contributed by atoms with E-state index in [2.05, 4.69) is 21.2 Å². The first-order valence-electron chi connectivity index (χ1n) is 6.23. The maximum atomic E-state index is 11.8. The van der Waals surface area contributed by atoms with Crippen molar-refractivity contribution in [3.8, 4) is 5.75 Å². The van der Waals surface area contributed by atoms with Crippen LogP contribution in [-0.4, -0.2) is 18.4 Å². The number of nitrogens with two attached hydrogens (primary N) is 1. The molecule has 0 heterocycles. The Balaban J connectivity index is 1.99. The molecule has 0 aliphatic rings. The van der Waals surface area contributed by atoms with E-state index >= 15 is 0 Å². The predicted molar refractivity (Wildman–Crippen MR) is 88.2 cm³/mol. The van der Waals surface area contributed by atoms with Crippen LogP contribution < -0.4 is 15.8 Å². The van der Waals surface area contributed by atoms with Gasteiger partial charge < -0.3 is 15.8 Å². The van der Waals surface area contributed by atoms with E-state index in [1.54, 1.807) is 30.3 Å². The molecule has 2 aromatic rings. The van der Waals surface area contributed by atoms with Crippen LogP contribution in [0.2, 0.25) is 5.02 Å². The van der Waals surface area contributed by atoms with Crippen molar-refractivity contribution in [3.05, 3.63) is 57.5 Å². The minimum Gasteiger partial charge on any atom is -0.483 e. The quantitative estimate of drug-likeness (QED) is 0.832. The molecule has 5 nitrogen and oxygen atoms in total. The van der Waals surface area contributed by atoms with E-state index in [9.17, 15) is 9.59 Å². The predicted octanol–water partition coefficient (Wildman–Crippen LogP) is 3.22. The Morgan fingerprint density at radius 2 is 1.86 bits per heavy atom. The fourth-order valence-corrected chi connectivity index (χ4v) is 2.13. The van der Waals surface area contributed by atoms with Crippen LogP contribution in [0, 0.1) is 0 Å². The molecule has 0 aliphatic carbocycles. The van der Waals surface area contributed by atoms with Gasteiger partial charge in [-0.1, -0.05) is 27.5 Å². The topological polar surface area (TPSA) is 81.4 Å². The first-order chi connectivity index (χ1) is 10.5. The Labute approximate surface area is 140 Å². The lowest BCUT2D eigenvalue weighted by atomic mass is 10.2. The summed E-state index contributed by atoms with van der Waals surface area (Å²) in [6.45, 7) is -0.252. The van der Waals surface area contributed by atoms with Gasteiger partial charge in [0.1, 0.15) is 5.75 Å². The molecule has 0 aromatic heterocycles. The third-order valence-corrected chi connectivity index (χ3v) is 3.46. The van der Waals surface area contributed by atoms with Crippen LogP contribution >= 0.6 is 27.5 Å². The summed E-state index contributed by atoms with van der Waals surface area (Å²) in [7, 11) is 0. The average Bonchev–Trinajstić information content (AvgIpc) is 2.48. The molecule has 0 bridgehead atoms. The highest BCUT2D eigenvalue weighted by atomic mass is 79.9. The second-order valence-electron chi connectivity index (χ2n) is 4.35. The van der Waals surface area contributed by atoms with Crippen molar-refractivity contribution < 1.29 is 14.3 Å². The van der Waals surface area contributed by atoms with Gasteiger partial charge in [-0.25, -0.2) is 0 Å². The van der Waals surface area contributed by atoms with Gasteiger partial charge in [-0.05, 0) is 42.5 Å². The third-order valence-electron chi connectivity index (χ3n) is 2.69. The van der Waals surface area contributed by atoms with Gasteiger partial charge in [0.05, 0.1) is 5.56 Å². The maximum absolute atomic E-state index is 11.8. The highest BCUT2D eigenvalue weighted by Crippen LogP contribution is 2.22. The Kier molecular flexibility index (Phi) is 5.41. The van der Waals surface area contributed by atoms with E-state index in [4.69, 9.17) is 22.1 Å². The second-order valence-corrected chi connectivity index (χ2v) is 5.70. The fourth-order valence-electron chi connectivity index (χ4n) is 1.69. The van der Waals surface area contributed by atoms with Crippen LogP contribution in [0.15, 0.2) is 46.9 Å². The zero-order valence-corrected chi connectivity index (χ0v) is 13.6. The number of carbonyl (C=O) groups is 2. The van der Waals surface area contributed by atoms with Crippen LogP contribution in [0.1, 0.15) is 10.4 Å². The van der Waals surface area contributed by atoms with Gasteiger partial charge in [-0.2, -0.15) is 0 Å². The van der Waals surface area contributed by atoms with Crippen molar-refractivity contribution >= 4 is 45.0 Å². The summed E-state index contributed by atoms with van der Waals surface area (Å²) < 4.78 is 6.24. The summed E-state index contributed by atoms with van der Waals surface area (Å²) in [5.74, 6) is -0.818. The number of anilines is 1. The van der Waals surface area contributed by atoms with Gasteiger partial charge >= 0.3 is 0 Å². The lowest BCUT2D eigenvalue weighted by molar-refractivity contribution is -0.118. The molecule has 0 fully saturated rings. The first-order valence-corrected chi connectivity index (χ1v) is 7.40. The van der Waals surface area contributed by atoms with E-state index in [1.807, 2.05) is 0 Å². The normalized spacial score (nSPS) is 10.1. The second kappa shape index (κ2) is 7.29. The Morgan fingerprint density at radius 1 is 1.18 bits per heavy atom. The lowest BCUT2D eigenvalue weighted by Gasteiger charge is -2.10. The largest absolute Gasteiger partial charge is 0.483 e. The SMILES string of the molecule is NC(=O)c1cc(Cl)ccc1OCC(=O)Nc1ccc(Br)cc1. The number of nitrogens with one attached hydrogen (secondary N) is 1. The van der Waals surface area contributed by atoms with Crippen molar-refractivity contribution in [2.45, 2.75) is 0 Å².